The molecule has 0 spiro atoms. The van der Waals surface area contributed by atoms with E-state index < -0.39 is 18.2 Å². The summed E-state index contributed by atoms with van der Waals surface area (Å²) < 4.78 is 19.9. The molecule has 2 fully saturated rings. The molecule has 0 bridgehead atoms. The van der Waals surface area contributed by atoms with Crippen LogP contribution in [0, 0.1) is 0 Å². The summed E-state index contributed by atoms with van der Waals surface area (Å²) in [4.78, 5) is 18.9. The number of piperidine rings is 1. The number of rotatable bonds is 7. The number of carbonyl (C=O) groups excluding carboxylic acids is 1. The van der Waals surface area contributed by atoms with Crippen LogP contribution in [-0.2, 0) is 9.53 Å². The van der Waals surface area contributed by atoms with Gasteiger partial charge < -0.3 is 9.64 Å². The van der Waals surface area contributed by atoms with Crippen molar-refractivity contribution >= 4 is 11.7 Å². The van der Waals surface area contributed by atoms with Gasteiger partial charge in [-0.2, -0.15) is 0 Å². The SMILES string of the molecule is CCOC(=O)[C@H](F)[C@H](CN1CCN(c2ccccc2)CC1)N1CCCCC1. The lowest BCUT2D eigenvalue weighted by atomic mass is 10.0. The molecule has 2 saturated heterocycles. The lowest BCUT2D eigenvalue weighted by molar-refractivity contribution is -0.152. The zero-order valence-electron chi connectivity index (χ0n) is 16.4. The minimum absolute atomic E-state index is 0.224. The van der Waals surface area contributed by atoms with Gasteiger partial charge in [-0.05, 0) is 45.0 Å². The molecule has 0 aromatic heterocycles. The Kier molecular flexibility index (Phi) is 7.47. The molecule has 5 nitrogen and oxygen atoms in total. The molecule has 3 rings (SSSR count). The van der Waals surface area contributed by atoms with E-state index in [-0.39, 0.29) is 6.61 Å². The van der Waals surface area contributed by atoms with Gasteiger partial charge in [0.05, 0.1) is 12.6 Å². The number of nitrogens with zero attached hydrogens (tertiary/aromatic N) is 3. The van der Waals surface area contributed by atoms with E-state index in [4.69, 9.17) is 4.74 Å². The van der Waals surface area contributed by atoms with Crippen molar-refractivity contribution in [1.82, 2.24) is 9.80 Å². The molecule has 2 heterocycles. The Morgan fingerprint density at radius 3 is 2.33 bits per heavy atom. The van der Waals surface area contributed by atoms with E-state index in [2.05, 4.69) is 39.0 Å². The number of alkyl halides is 1. The Morgan fingerprint density at radius 2 is 1.70 bits per heavy atom. The van der Waals surface area contributed by atoms with Crippen LogP contribution in [0.1, 0.15) is 26.2 Å². The minimum Gasteiger partial charge on any atom is -0.464 e. The Hall–Kier alpha value is -1.66. The fourth-order valence-electron chi connectivity index (χ4n) is 4.11. The van der Waals surface area contributed by atoms with Gasteiger partial charge >= 0.3 is 5.97 Å². The van der Waals surface area contributed by atoms with Crippen molar-refractivity contribution in [3.63, 3.8) is 0 Å². The molecule has 2 aliphatic rings. The Morgan fingerprint density at radius 1 is 1.04 bits per heavy atom. The zero-order chi connectivity index (χ0) is 19.1. The monoisotopic (exact) mass is 377 g/mol. The summed E-state index contributed by atoms with van der Waals surface area (Å²) in [6.45, 7) is 7.89. The Balaban J connectivity index is 1.59. The van der Waals surface area contributed by atoms with Crippen LogP contribution >= 0.6 is 0 Å². The van der Waals surface area contributed by atoms with E-state index >= 15 is 0 Å². The second-order valence-corrected chi connectivity index (χ2v) is 7.44. The molecule has 27 heavy (non-hydrogen) atoms. The van der Waals surface area contributed by atoms with Crippen molar-refractivity contribution in [1.29, 1.82) is 0 Å². The molecule has 6 heteroatoms. The van der Waals surface area contributed by atoms with Gasteiger partial charge in [-0.25, -0.2) is 9.18 Å². The van der Waals surface area contributed by atoms with Crippen molar-refractivity contribution < 1.29 is 13.9 Å². The van der Waals surface area contributed by atoms with Gasteiger partial charge in [-0.15, -0.1) is 0 Å². The largest absolute Gasteiger partial charge is 0.464 e. The van der Waals surface area contributed by atoms with E-state index in [9.17, 15) is 9.18 Å². The van der Waals surface area contributed by atoms with Gasteiger partial charge in [0.25, 0.3) is 0 Å². The van der Waals surface area contributed by atoms with Crippen molar-refractivity contribution in [2.45, 2.75) is 38.4 Å². The number of piperazine rings is 1. The van der Waals surface area contributed by atoms with Crippen molar-refractivity contribution in [2.24, 2.45) is 0 Å². The molecule has 150 valence electrons. The first-order valence-corrected chi connectivity index (χ1v) is 10.3. The molecule has 1 aromatic rings. The lowest BCUT2D eigenvalue weighted by Crippen LogP contribution is -2.56. The maximum absolute atomic E-state index is 15.0. The molecular formula is C21H32FN3O2. The van der Waals surface area contributed by atoms with Gasteiger partial charge in [0.1, 0.15) is 0 Å². The molecule has 0 radical (unpaired) electrons. The fraction of sp³-hybridized carbons (Fsp3) is 0.667. The van der Waals surface area contributed by atoms with E-state index in [0.717, 1.165) is 52.1 Å². The van der Waals surface area contributed by atoms with Crippen LogP contribution in [0.2, 0.25) is 0 Å². The number of likely N-dealkylation sites (tertiary alicyclic amines) is 1. The summed E-state index contributed by atoms with van der Waals surface area (Å²) >= 11 is 0. The van der Waals surface area contributed by atoms with Crippen molar-refractivity contribution in [2.75, 3.05) is 57.3 Å². The zero-order valence-corrected chi connectivity index (χ0v) is 16.4. The number of ether oxygens (including phenoxy) is 1. The summed E-state index contributed by atoms with van der Waals surface area (Å²) in [5.74, 6) is -0.712. The van der Waals surface area contributed by atoms with Crippen LogP contribution in [0.4, 0.5) is 10.1 Å². The van der Waals surface area contributed by atoms with Crippen LogP contribution in [0.25, 0.3) is 0 Å². The van der Waals surface area contributed by atoms with E-state index in [0.29, 0.717) is 6.54 Å². The van der Waals surface area contributed by atoms with Crippen molar-refractivity contribution in [3.05, 3.63) is 30.3 Å². The summed E-state index contributed by atoms with van der Waals surface area (Å²) in [7, 11) is 0. The summed E-state index contributed by atoms with van der Waals surface area (Å²) in [6.07, 6.45) is 1.77. The highest BCUT2D eigenvalue weighted by Crippen LogP contribution is 2.20. The predicted molar refractivity (Wildman–Crippen MR) is 106 cm³/mol. The molecule has 0 aliphatic carbocycles. The smallest absolute Gasteiger partial charge is 0.342 e. The molecule has 0 unspecified atom stereocenters. The number of anilines is 1. The molecule has 0 amide bonds. The highest BCUT2D eigenvalue weighted by molar-refractivity contribution is 5.75. The molecular weight excluding hydrogens is 345 g/mol. The van der Waals surface area contributed by atoms with Crippen molar-refractivity contribution in [3.8, 4) is 0 Å². The number of hydrogen-bond acceptors (Lipinski definition) is 5. The van der Waals surface area contributed by atoms with E-state index in [1.54, 1.807) is 6.92 Å². The minimum atomic E-state index is -1.57. The van der Waals surface area contributed by atoms with Crippen LogP contribution in [0.15, 0.2) is 30.3 Å². The second kappa shape index (κ2) is 10.0. The number of hydrogen-bond donors (Lipinski definition) is 0. The second-order valence-electron chi connectivity index (χ2n) is 7.44. The predicted octanol–water partition coefficient (Wildman–Crippen LogP) is 2.56. The molecule has 2 atom stereocenters. The van der Waals surface area contributed by atoms with E-state index in [1.165, 1.54) is 12.1 Å². The maximum Gasteiger partial charge on any atom is 0.342 e. The van der Waals surface area contributed by atoms with Crippen LogP contribution in [0.5, 0.6) is 0 Å². The quantitative estimate of drug-likeness (QED) is 0.683. The third kappa shape index (κ3) is 5.42. The number of benzene rings is 1. The van der Waals surface area contributed by atoms with Gasteiger partial charge in [-0.3, -0.25) is 9.80 Å². The first kappa shape index (κ1) is 20.1. The summed E-state index contributed by atoms with van der Waals surface area (Å²) in [5.41, 5.74) is 1.24. The third-order valence-electron chi connectivity index (χ3n) is 5.65. The fourth-order valence-corrected chi connectivity index (χ4v) is 4.11. The average Bonchev–Trinajstić information content (AvgIpc) is 2.73. The number of para-hydroxylation sites is 1. The molecule has 2 aliphatic heterocycles. The van der Waals surface area contributed by atoms with Crippen LogP contribution in [-0.4, -0.2) is 80.4 Å². The molecule has 0 saturated carbocycles. The average molecular weight is 378 g/mol. The number of carbonyl (C=O) groups is 1. The normalized spacial score (nSPS) is 21.6. The van der Waals surface area contributed by atoms with Gasteiger partial charge in [0.2, 0.25) is 6.17 Å². The lowest BCUT2D eigenvalue weighted by Gasteiger charge is -2.41. The summed E-state index contributed by atoms with van der Waals surface area (Å²) in [6, 6.07) is 9.99. The standard InChI is InChI=1S/C21H32FN3O2/c1-2-27-21(26)20(22)19(25-11-7-4-8-12-25)17-23-13-15-24(16-14-23)18-9-5-3-6-10-18/h3,5-6,9-10,19-20H,2,4,7-8,11-17H2,1H3/t19-,20+/m0/s1. The topological polar surface area (TPSA) is 36.0 Å². The third-order valence-corrected chi connectivity index (χ3v) is 5.65. The van der Waals surface area contributed by atoms with Gasteiger partial charge in [0.15, 0.2) is 0 Å². The Labute approximate surface area is 162 Å². The summed E-state index contributed by atoms with van der Waals surface area (Å²) in [5, 5.41) is 0. The highest BCUT2D eigenvalue weighted by Gasteiger charge is 2.36. The first-order chi connectivity index (χ1) is 13.2. The molecule has 1 aromatic carbocycles. The van der Waals surface area contributed by atoms with Gasteiger partial charge in [-0.1, -0.05) is 24.6 Å². The highest BCUT2D eigenvalue weighted by atomic mass is 19.1. The Bertz CT molecular complexity index is 572. The number of esters is 1. The van der Waals surface area contributed by atoms with Gasteiger partial charge in [0, 0.05) is 38.4 Å². The van der Waals surface area contributed by atoms with Crippen LogP contribution < -0.4 is 4.90 Å². The van der Waals surface area contributed by atoms with E-state index in [1.807, 2.05) is 6.07 Å². The molecule has 0 N–H and O–H groups in total. The first-order valence-electron chi connectivity index (χ1n) is 10.3. The maximum atomic E-state index is 15.0. The van der Waals surface area contributed by atoms with Crippen LogP contribution in [0.3, 0.4) is 0 Å². The number of halogens is 1.